The summed E-state index contributed by atoms with van der Waals surface area (Å²) in [4.78, 5) is 0. The molecule has 0 amide bonds. The van der Waals surface area contributed by atoms with E-state index in [0.717, 1.165) is 0 Å². The molecule has 0 unspecified atom stereocenters. The standard InChI is InChI=1S/C3H4F4O.H2O/c4-2(5)3(6,7)1-8;/h2,8H,1H2;1H2. The molecule has 6 heteroatoms. The van der Waals surface area contributed by atoms with E-state index in [0.29, 0.717) is 0 Å². The zero-order chi connectivity index (χ0) is 6.78. The molecule has 0 rings (SSSR count). The van der Waals surface area contributed by atoms with E-state index in [1.165, 1.54) is 0 Å². The Balaban J connectivity index is 0. The van der Waals surface area contributed by atoms with Crippen LogP contribution in [0, 0.1) is 0 Å². The number of rotatable bonds is 2. The van der Waals surface area contributed by atoms with E-state index < -0.39 is 19.0 Å². The fraction of sp³-hybridized carbons (Fsp3) is 1.00. The Kier molecular flexibility index (Phi) is 4.61. The first-order valence-electron chi connectivity index (χ1n) is 1.77. The van der Waals surface area contributed by atoms with E-state index in [9.17, 15) is 17.6 Å². The van der Waals surface area contributed by atoms with Gasteiger partial charge >= 0.3 is 12.3 Å². The van der Waals surface area contributed by atoms with E-state index >= 15 is 0 Å². The first-order valence-corrected chi connectivity index (χ1v) is 1.77. The van der Waals surface area contributed by atoms with Crippen molar-refractivity contribution in [2.45, 2.75) is 12.3 Å². The Morgan fingerprint density at radius 1 is 1.33 bits per heavy atom. The summed E-state index contributed by atoms with van der Waals surface area (Å²) in [5.41, 5.74) is 0. The van der Waals surface area contributed by atoms with Crippen molar-refractivity contribution in [2.75, 3.05) is 6.61 Å². The van der Waals surface area contributed by atoms with Crippen LogP contribution < -0.4 is 0 Å². The fourth-order valence-corrected chi connectivity index (χ4v) is 0.0690. The lowest BCUT2D eigenvalue weighted by atomic mass is 10.4. The van der Waals surface area contributed by atoms with Gasteiger partial charge in [0.2, 0.25) is 0 Å². The molecule has 0 atom stereocenters. The highest BCUT2D eigenvalue weighted by Crippen LogP contribution is 2.20. The molecule has 0 radical (unpaired) electrons. The number of hydrogen-bond acceptors (Lipinski definition) is 1. The Labute approximate surface area is 48.4 Å². The maximum Gasteiger partial charge on any atom is 0.329 e. The lowest BCUT2D eigenvalue weighted by molar-refractivity contribution is -0.153. The highest BCUT2D eigenvalue weighted by Gasteiger charge is 2.39. The minimum absolute atomic E-state index is 0. The monoisotopic (exact) mass is 150 g/mol. The molecule has 0 saturated heterocycles. The molecule has 0 aromatic heterocycles. The minimum atomic E-state index is -4.24. The van der Waals surface area contributed by atoms with Gasteiger partial charge in [-0.1, -0.05) is 0 Å². The molecule has 0 aliphatic rings. The fourth-order valence-electron chi connectivity index (χ4n) is 0.0690. The third kappa shape index (κ3) is 3.26. The number of alkyl halides is 4. The first-order chi connectivity index (χ1) is 3.50. The molecule has 0 fully saturated rings. The highest BCUT2D eigenvalue weighted by atomic mass is 19.3. The molecule has 0 heterocycles. The highest BCUT2D eigenvalue weighted by molar-refractivity contribution is 4.65. The van der Waals surface area contributed by atoms with E-state index in [-0.39, 0.29) is 5.48 Å². The van der Waals surface area contributed by atoms with E-state index in [1.807, 2.05) is 0 Å². The Morgan fingerprint density at radius 2 is 1.67 bits per heavy atom. The molecular weight excluding hydrogens is 144 g/mol. The number of halogens is 4. The van der Waals surface area contributed by atoms with Crippen molar-refractivity contribution in [3.8, 4) is 0 Å². The molecule has 0 saturated carbocycles. The molecule has 0 aliphatic carbocycles. The summed E-state index contributed by atoms with van der Waals surface area (Å²) >= 11 is 0. The lowest BCUT2D eigenvalue weighted by Crippen LogP contribution is -2.30. The van der Waals surface area contributed by atoms with Gasteiger partial charge in [0.1, 0.15) is 6.61 Å². The van der Waals surface area contributed by atoms with Gasteiger partial charge in [-0.15, -0.1) is 0 Å². The number of aliphatic hydroxyl groups is 1. The quantitative estimate of drug-likeness (QED) is 0.555. The number of aliphatic hydroxyl groups excluding tert-OH is 1. The smallest absolute Gasteiger partial charge is 0.329 e. The van der Waals surface area contributed by atoms with Crippen molar-refractivity contribution in [3.63, 3.8) is 0 Å². The Bertz CT molecular complexity index is 74.2. The summed E-state index contributed by atoms with van der Waals surface area (Å²) in [5.74, 6) is -4.24. The van der Waals surface area contributed by atoms with Gasteiger partial charge in [0.15, 0.2) is 0 Å². The number of hydrogen-bond donors (Lipinski definition) is 1. The molecule has 3 N–H and O–H groups in total. The Hall–Kier alpha value is -0.360. The topological polar surface area (TPSA) is 51.7 Å². The normalized spacial score (nSPS) is 11.3. The summed E-state index contributed by atoms with van der Waals surface area (Å²) in [7, 11) is 0. The first kappa shape index (κ1) is 11.4. The average Bonchev–Trinajstić information content (AvgIpc) is 1.67. The largest absolute Gasteiger partial charge is 0.412 e. The average molecular weight is 150 g/mol. The Morgan fingerprint density at radius 3 is 1.67 bits per heavy atom. The van der Waals surface area contributed by atoms with Crippen molar-refractivity contribution in [3.05, 3.63) is 0 Å². The summed E-state index contributed by atoms with van der Waals surface area (Å²) in [6.07, 6.45) is -3.77. The van der Waals surface area contributed by atoms with Gasteiger partial charge in [0.25, 0.3) is 0 Å². The van der Waals surface area contributed by atoms with Crippen LogP contribution in [0.4, 0.5) is 17.6 Å². The molecule has 2 nitrogen and oxygen atoms in total. The van der Waals surface area contributed by atoms with Crippen LogP contribution in [0.3, 0.4) is 0 Å². The van der Waals surface area contributed by atoms with Crippen LogP contribution in [0.5, 0.6) is 0 Å². The van der Waals surface area contributed by atoms with Crippen molar-refractivity contribution in [1.29, 1.82) is 0 Å². The molecule has 58 valence electrons. The molecule has 0 aliphatic heterocycles. The van der Waals surface area contributed by atoms with Gasteiger partial charge < -0.3 is 10.6 Å². The molecule has 0 bridgehead atoms. The van der Waals surface area contributed by atoms with Gasteiger partial charge in [-0.3, -0.25) is 0 Å². The lowest BCUT2D eigenvalue weighted by Gasteiger charge is -2.09. The zero-order valence-corrected chi connectivity index (χ0v) is 4.24. The summed E-state index contributed by atoms with van der Waals surface area (Å²) < 4.78 is 44.4. The predicted molar refractivity (Wildman–Crippen MR) is 21.7 cm³/mol. The van der Waals surface area contributed by atoms with Gasteiger partial charge in [0.05, 0.1) is 0 Å². The minimum Gasteiger partial charge on any atom is -0.412 e. The maximum atomic E-state index is 11.3. The molecule has 0 spiro atoms. The van der Waals surface area contributed by atoms with Crippen LogP contribution in [0.25, 0.3) is 0 Å². The SMILES string of the molecule is O.OCC(F)(F)C(F)F. The molecule has 9 heavy (non-hydrogen) atoms. The summed E-state index contributed by atoms with van der Waals surface area (Å²) in [6, 6.07) is 0. The van der Waals surface area contributed by atoms with Crippen molar-refractivity contribution in [1.82, 2.24) is 0 Å². The van der Waals surface area contributed by atoms with Gasteiger partial charge in [0, 0.05) is 0 Å². The van der Waals surface area contributed by atoms with E-state index in [2.05, 4.69) is 0 Å². The molecular formula is C3H6F4O2. The summed E-state index contributed by atoms with van der Waals surface area (Å²) in [5, 5.41) is 7.53. The second kappa shape index (κ2) is 3.62. The van der Waals surface area contributed by atoms with E-state index in [1.54, 1.807) is 0 Å². The van der Waals surface area contributed by atoms with Crippen LogP contribution >= 0.6 is 0 Å². The van der Waals surface area contributed by atoms with Crippen LogP contribution in [0.15, 0.2) is 0 Å². The predicted octanol–water partition coefficient (Wildman–Crippen LogP) is 0.0544. The summed E-state index contributed by atoms with van der Waals surface area (Å²) in [6.45, 7) is -1.80. The zero-order valence-electron chi connectivity index (χ0n) is 4.24. The van der Waals surface area contributed by atoms with Crippen LogP contribution in [-0.2, 0) is 0 Å². The van der Waals surface area contributed by atoms with Crippen molar-refractivity contribution < 1.29 is 28.1 Å². The van der Waals surface area contributed by atoms with Crippen molar-refractivity contribution in [2.24, 2.45) is 0 Å². The maximum absolute atomic E-state index is 11.3. The van der Waals surface area contributed by atoms with Gasteiger partial charge in [-0.2, -0.15) is 8.78 Å². The van der Waals surface area contributed by atoms with Crippen molar-refractivity contribution >= 4 is 0 Å². The van der Waals surface area contributed by atoms with Crippen LogP contribution in [0.2, 0.25) is 0 Å². The second-order valence-corrected chi connectivity index (χ2v) is 1.22. The third-order valence-electron chi connectivity index (χ3n) is 0.530. The third-order valence-corrected chi connectivity index (χ3v) is 0.530. The van der Waals surface area contributed by atoms with Gasteiger partial charge in [-0.25, -0.2) is 8.78 Å². The molecule has 0 aromatic carbocycles. The van der Waals surface area contributed by atoms with Gasteiger partial charge in [-0.05, 0) is 0 Å². The second-order valence-electron chi connectivity index (χ2n) is 1.22. The van der Waals surface area contributed by atoms with Crippen LogP contribution in [-0.4, -0.2) is 29.5 Å². The van der Waals surface area contributed by atoms with E-state index in [4.69, 9.17) is 5.11 Å². The van der Waals surface area contributed by atoms with Crippen LogP contribution in [0.1, 0.15) is 0 Å². The molecule has 0 aromatic rings.